The van der Waals surface area contributed by atoms with E-state index in [1.54, 1.807) is 6.20 Å². The number of hydrogen-bond donors (Lipinski definition) is 1. The molecule has 0 unspecified atom stereocenters. The summed E-state index contributed by atoms with van der Waals surface area (Å²) in [4.78, 5) is 4.24. The lowest BCUT2D eigenvalue weighted by molar-refractivity contribution is 0.439. The number of hydrogen-bond acceptors (Lipinski definition) is 3. The van der Waals surface area contributed by atoms with E-state index >= 15 is 0 Å². The summed E-state index contributed by atoms with van der Waals surface area (Å²) in [7, 11) is 0. The molecule has 0 saturated heterocycles. The van der Waals surface area contributed by atoms with Crippen molar-refractivity contribution in [2.24, 2.45) is 0 Å². The summed E-state index contributed by atoms with van der Waals surface area (Å²) in [6.45, 7) is 10.3. The number of rotatable bonds is 5. The minimum absolute atomic E-state index is 0.209. The normalized spacial score (nSPS) is 11.8. The van der Waals surface area contributed by atoms with Crippen LogP contribution in [0.2, 0.25) is 0 Å². The van der Waals surface area contributed by atoms with Crippen molar-refractivity contribution < 1.29 is 4.42 Å². The summed E-state index contributed by atoms with van der Waals surface area (Å²) in [5.41, 5.74) is 2.85. The van der Waals surface area contributed by atoms with E-state index in [2.05, 4.69) is 62.3 Å². The second kappa shape index (κ2) is 6.23. The van der Waals surface area contributed by atoms with Crippen LogP contribution in [0.3, 0.4) is 0 Å². The van der Waals surface area contributed by atoms with Crippen LogP contribution in [0.1, 0.15) is 50.5 Å². The van der Waals surface area contributed by atoms with E-state index in [9.17, 15) is 0 Å². The highest BCUT2D eigenvalue weighted by atomic mass is 16.4. The second-order valence-corrected chi connectivity index (χ2v) is 6.12. The molecule has 0 amide bonds. The van der Waals surface area contributed by atoms with Gasteiger partial charge in [0.05, 0.1) is 12.7 Å². The Labute approximate surface area is 121 Å². The molecule has 1 aromatic heterocycles. The zero-order valence-electron chi connectivity index (χ0n) is 12.9. The standard InChI is InChI=1S/C17H24N2O/c1-5-15-11-19-16(20-15)12-18-10-13-6-8-14(9-7-13)17(2,3)4/h6-9,11,18H,5,10,12H2,1-4H3. The minimum Gasteiger partial charge on any atom is -0.444 e. The smallest absolute Gasteiger partial charge is 0.208 e. The van der Waals surface area contributed by atoms with Crippen LogP contribution in [-0.2, 0) is 24.9 Å². The number of nitrogens with zero attached hydrogens (tertiary/aromatic N) is 1. The predicted molar refractivity (Wildman–Crippen MR) is 81.6 cm³/mol. The number of benzene rings is 1. The zero-order chi connectivity index (χ0) is 14.6. The monoisotopic (exact) mass is 272 g/mol. The summed E-state index contributed by atoms with van der Waals surface area (Å²) >= 11 is 0. The maximum Gasteiger partial charge on any atom is 0.208 e. The highest BCUT2D eigenvalue weighted by Gasteiger charge is 2.12. The average molecular weight is 272 g/mol. The maximum atomic E-state index is 5.56. The second-order valence-electron chi connectivity index (χ2n) is 6.12. The fourth-order valence-corrected chi connectivity index (χ4v) is 2.03. The molecule has 1 aromatic carbocycles. The third-order valence-electron chi connectivity index (χ3n) is 3.38. The summed E-state index contributed by atoms with van der Waals surface area (Å²) in [6.07, 6.45) is 2.69. The van der Waals surface area contributed by atoms with Gasteiger partial charge in [0.25, 0.3) is 0 Å². The van der Waals surface area contributed by atoms with Gasteiger partial charge in [0.1, 0.15) is 5.76 Å². The van der Waals surface area contributed by atoms with Gasteiger partial charge in [0.15, 0.2) is 0 Å². The van der Waals surface area contributed by atoms with Crippen molar-refractivity contribution in [1.82, 2.24) is 10.3 Å². The summed E-state index contributed by atoms with van der Waals surface area (Å²) < 4.78 is 5.56. The van der Waals surface area contributed by atoms with Gasteiger partial charge in [-0.15, -0.1) is 0 Å². The van der Waals surface area contributed by atoms with Crippen molar-refractivity contribution in [3.8, 4) is 0 Å². The van der Waals surface area contributed by atoms with Gasteiger partial charge in [0.2, 0.25) is 5.89 Å². The van der Waals surface area contributed by atoms with E-state index in [1.807, 2.05) is 0 Å². The van der Waals surface area contributed by atoms with E-state index in [0.717, 1.165) is 24.6 Å². The molecule has 2 aromatic rings. The molecule has 108 valence electrons. The predicted octanol–water partition coefficient (Wildman–Crippen LogP) is 3.82. The van der Waals surface area contributed by atoms with E-state index in [4.69, 9.17) is 4.42 Å². The van der Waals surface area contributed by atoms with E-state index in [-0.39, 0.29) is 5.41 Å². The first-order valence-corrected chi connectivity index (χ1v) is 7.22. The van der Waals surface area contributed by atoms with Crippen LogP contribution in [0.15, 0.2) is 34.9 Å². The quantitative estimate of drug-likeness (QED) is 0.899. The molecule has 0 bridgehead atoms. The van der Waals surface area contributed by atoms with Crippen molar-refractivity contribution in [1.29, 1.82) is 0 Å². The Bertz CT molecular complexity index is 535. The fourth-order valence-electron chi connectivity index (χ4n) is 2.03. The lowest BCUT2D eigenvalue weighted by Crippen LogP contribution is -2.14. The van der Waals surface area contributed by atoms with Crippen LogP contribution in [0.5, 0.6) is 0 Å². The van der Waals surface area contributed by atoms with Crippen molar-refractivity contribution >= 4 is 0 Å². The number of oxazole rings is 1. The molecule has 0 fully saturated rings. The summed E-state index contributed by atoms with van der Waals surface area (Å²) in [5, 5.41) is 3.36. The molecule has 1 heterocycles. The Balaban J connectivity index is 1.85. The van der Waals surface area contributed by atoms with Crippen LogP contribution in [0.4, 0.5) is 0 Å². The number of aromatic nitrogens is 1. The van der Waals surface area contributed by atoms with Gasteiger partial charge in [-0.25, -0.2) is 4.98 Å². The van der Waals surface area contributed by atoms with Crippen molar-refractivity contribution in [2.45, 2.75) is 52.6 Å². The Hall–Kier alpha value is -1.61. The molecule has 0 aliphatic rings. The Morgan fingerprint density at radius 1 is 1.10 bits per heavy atom. The lowest BCUT2D eigenvalue weighted by Gasteiger charge is -2.19. The van der Waals surface area contributed by atoms with Crippen LogP contribution in [-0.4, -0.2) is 4.98 Å². The van der Waals surface area contributed by atoms with Crippen LogP contribution in [0, 0.1) is 0 Å². The van der Waals surface area contributed by atoms with Gasteiger partial charge in [-0.05, 0) is 16.5 Å². The first-order chi connectivity index (χ1) is 9.49. The topological polar surface area (TPSA) is 38.1 Å². The molecule has 1 N–H and O–H groups in total. The van der Waals surface area contributed by atoms with Crippen LogP contribution in [0.25, 0.3) is 0 Å². The van der Waals surface area contributed by atoms with Gasteiger partial charge >= 0.3 is 0 Å². The average Bonchev–Trinajstić information content (AvgIpc) is 2.86. The first kappa shape index (κ1) is 14.8. The Morgan fingerprint density at radius 3 is 2.35 bits per heavy atom. The molecule has 2 rings (SSSR count). The molecule has 0 spiro atoms. The van der Waals surface area contributed by atoms with Gasteiger partial charge in [-0.3, -0.25) is 0 Å². The molecule has 0 radical (unpaired) electrons. The minimum atomic E-state index is 0.209. The van der Waals surface area contributed by atoms with Gasteiger partial charge < -0.3 is 9.73 Å². The summed E-state index contributed by atoms with van der Waals surface area (Å²) in [5.74, 6) is 1.70. The zero-order valence-corrected chi connectivity index (χ0v) is 12.9. The molecule has 0 saturated carbocycles. The van der Waals surface area contributed by atoms with Gasteiger partial charge in [-0.1, -0.05) is 52.0 Å². The van der Waals surface area contributed by atoms with Crippen molar-refractivity contribution in [3.05, 3.63) is 53.2 Å². The van der Waals surface area contributed by atoms with E-state index in [0.29, 0.717) is 6.54 Å². The fraction of sp³-hybridized carbons (Fsp3) is 0.471. The molecule has 0 aliphatic carbocycles. The maximum absolute atomic E-state index is 5.56. The van der Waals surface area contributed by atoms with Crippen LogP contribution < -0.4 is 5.32 Å². The Kier molecular flexibility index (Phi) is 4.61. The molecule has 20 heavy (non-hydrogen) atoms. The lowest BCUT2D eigenvalue weighted by atomic mass is 9.87. The highest BCUT2D eigenvalue weighted by Crippen LogP contribution is 2.22. The SMILES string of the molecule is CCc1cnc(CNCc2ccc(C(C)(C)C)cc2)o1. The first-order valence-electron chi connectivity index (χ1n) is 7.22. The van der Waals surface area contributed by atoms with Gasteiger partial charge in [0, 0.05) is 13.0 Å². The number of aryl methyl sites for hydroxylation is 1. The molecule has 0 atom stereocenters. The molecule has 3 nitrogen and oxygen atoms in total. The molecular weight excluding hydrogens is 248 g/mol. The van der Waals surface area contributed by atoms with E-state index in [1.165, 1.54) is 11.1 Å². The van der Waals surface area contributed by atoms with Crippen molar-refractivity contribution in [2.75, 3.05) is 0 Å². The third-order valence-corrected chi connectivity index (χ3v) is 3.38. The highest BCUT2D eigenvalue weighted by molar-refractivity contribution is 5.27. The largest absolute Gasteiger partial charge is 0.444 e. The van der Waals surface area contributed by atoms with E-state index < -0.39 is 0 Å². The molecule has 3 heteroatoms. The molecule has 0 aliphatic heterocycles. The van der Waals surface area contributed by atoms with Crippen LogP contribution >= 0.6 is 0 Å². The third kappa shape index (κ3) is 3.94. The van der Waals surface area contributed by atoms with Gasteiger partial charge in [-0.2, -0.15) is 0 Å². The van der Waals surface area contributed by atoms with Crippen molar-refractivity contribution in [3.63, 3.8) is 0 Å². The number of nitrogens with one attached hydrogen (secondary N) is 1. The molecular formula is C17H24N2O. The Morgan fingerprint density at radius 2 is 1.80 bits per heavy atom. The summed E-state index contributed by atoms with van der Waals surface area (Å²) in [6, 6.07) is 8.77.